The highest BCUT2D eigenvalue weighted by molar-refractivity contribution is 5.79. The van der Waals surface area contributed by atoms with E-state index in [1.165, 1.54) is 5.56 Å². The molecule has 0 saturated carbocycles. The number of rotatable bonds is 7. The Balaban J connectivity index is 1.61. The molecule has 1 amide bonds. The fraction of sp³-hybridized carbons (Fsp3) is 0.381. The molecule has 5 heteroatoms. The van der Waals surface area contributed by atoms with E-state index in [1.807, 2.05) is 42.5 Å². The fourth-order valence-corrected chi connectivity index (χ4v) is 3.25. The van der Waals surface area contributed by atoms with Gasteiger partial charge in [0.05, 0.1) is 19.6 Å². The second-order valence-corrected chi connectivity index (χ2v) is 6.79. The number of amides is 1. The highest BCUT2D eigenvalue weighted by Crippen LogP contribution is 2.09. The molecule has 138 valence electrons. The van der Waals surface area contributed by atoms with E-state index in [1.54, 1.807) is 0 Å². The molecular weight excluding hydrogens is 326 g/mol. The molecule has 0 radical (unpaired) electrons. The Bertz CT molecular complexity index is 682. The third-order valence-electron chi connectivity index (χ3n) is 4.62. The second-order valence-electron chi connectivity index (χ2n) is 6.79. The Morgan fingerprint density at radius 3 is 2.42 bits per heavy atom. The SMILES string of the molecule is Nc1ccc(CC(=O)NC(Cc2ccccc2)CN2CCOCC2)cc1. The van der Waals surface area contributed by atoms with Crippen molar-refractivity contribution in [1.82, 2.24) is 10.2 Å². The summed E-state index contributed by atoms with van der Waals surface area (Å²) in [5.41, 5.74) is 8.63. The molecule has 26 heavy (non-hydrogen) atoms. The summed E-state index contributed by atoms with van der Waals surface area (Å²) in [6.07, 6.45) is 1.19. The molecule has 0 aromatic heterocycles. The summed E-state index contributed by atoms with van der Waals surface area (Å²) in [7, 11) is 0. The Hall–Kier alpha value is -2.37. The summed E-state index contributed by atoms with van der Waals surface area (Å²) in [5, 5.41) is 3.22. The minimum Gasteiger partial charge on any atom is -0.399 e. The fourth-order valence-electron chi connectivity index (χ4n) is 3.25. The van der Waals surface area contributed by atoms with Crippen LogP contribution in [-0.2, 0) is 22.4 Å². The number of benzene rings is 2. The highest BCUT2D eigenvalue weighted by atomic mass is 16.5. The van der Waals surface area contributed by atoms with Crippen LogP contribution in [0.2, 0.25) is 0 Å². The van der Waals surface area contributed by atoms with Crippen molar-refractivity contribution in [1.29, 1.82) is 0 Å². The van der Waals surface area contributed by atoms with E-state index in [9.17, 15) is 4.79 Å². The first-order valence-electron chi connectivity index (χ1n) is 9.17. The Labute approximate surface area is 155 Å². The predicted octanol–water partition coefficient (Wildman–Crippen LogP) is 1.87. The van der Waals surface area contributed by atoms with Crippen molar-refractivity contribution >= 4 is 11.6 Å². The van der Waals surface area contributed by atoms with Gasteiger partial charge >= 0.3 is 0 Å². The third kappa shape index (κ3) is 5.86. The largest absolute Gasteiger partial charge is 0.399 e. The summed E-state index contributed by atoms with van der Waals surface area (Å²) < 4.78 is 5.43. The van der Waals surface area contributed by atoms with Crippen LogP contribution in [0.15, 0.2) is 54.6 Å². The molecule has 1 unspecified atom stereocenters. The van der Waals surface area contributed by atoms with Gasteiger partial charge in [-0.15, -0.1) is 0 Å². The van der Waals surface area contributed by atoms with E-state index >= 15 is 0 Å². The van der Waals surface area contributed by atoms with Crippen LogP contribution in [0, 0.1) is 0 Å². The first-order valence-corrected chi connectivity index (χ1v) is 9.17. The van der Waals surface area contributed by atoms with Crippen molar-refractivity contribution in [3.63, 3.8) is 0 Å². The van der Waals surface area contributed by atoms with E-state index in [-0.39, 0.29) is 11.9 Å². The average molecular weight is 353 g/mol. The minimum atomic E-state index is 0.0453. The number of carbonyl (C=O) groups is 1. The molecule has 0 aliphatic carbocycles. The number of hydrogen-bond donors (Lipinski definition) is 2. The van der Waals surface area contributed by atoms with Gasteiger partial charge in [0.25, 0.3) is 0 Å². The molecule has 3 rings (SSSR count). The molecule has 0 spiro atoms. The number of nitrogens with zero attached hydrogens (tertiary/aromatic N) is 1. The quantitative estimate of drug-likeness (QED) is 0.746. The third-order valence-corrected chi connectivity index (χ3v) is 4.62. The van der Waals surface area contributed by atoms with E-state index in [4.69, 9.17) is 10.5 Å². The van der Waals surface area contributed by atoms with Gasteiger partial charge in [-0.05, 0) is 29.7 Å². The van der Waals surface area contributed by atoms with Crippen LogP contribution in [0.5, 0.6) is 0 Å². The molecule has 1 aliphatic rings. The number of nitrogens with two attached hydrogens (primary N) is 1. The molecule has 1 saturated heterocycles. The lowest BCUT2D eigenvalue weighted by atomic mass is 10.0. The van der Waals surface area contributed by atoms with E-state index in [0.717, 1.165) is 44.8 Å². The zero-order valence-corrected chi connectivity index (χ0v) is 15.1. The Morgan fingerprint density at radius 1 is 1.04 bits per heavy atom. The van der Waals surface area contributed by atoms with Gasteiger partial charge in [-0.2, -0.15) is 0 Å². The molecule has 2 aromatic carbocycles. The minimum absolute atomic E-state index is 0.0453. The molecule has 5 nitrogen and oxygen atoms in total. The van der Waals surface area contributed by atoms with Gasteiger partial charge < -0.3 is 15.8 Å². The Kier molecular flexibility index (Phi) is 6.63. The molecule has 2 aromatic rings. The van der Waals surface area contributed by atoms with Crippen molar-refractivity contribution < 1.29 is 9.53 Å². The smallest absolute Gasteiger partial charge is 0.224 e. The van der Waals surface area contributed by atoms with Crippen LogP contribution < -0.4 is 11.1 Å². The topological polar surface area (TPSA) is 67.6 Å². The number of morpholine rings is 1. The number of carbonyl (C=O) groups excluding carboxylic acids is 1. The van der Waals surface area contributed by atoms with Crippen molar-refractivity contribution in [2.45, 2.75) is 18.9 Å². The highest BCUT2D eigenvalue weighted by Gasteiger charge is 2.19. The van der Waals surface area contributed by atoms with Gasteiger partial charge in [0.15, 0.2) is 0 Å². The normalized spacial score (nSPS) is 16.2. The molecule has 3 N–H and O–H groups in total. The van der Waals surface area contributed by atoms with Crippen molar-refractivity contribution in [3.05, 3.63) is 65.7 Å². The summed E-state index contributed by atoms with van der Waals surface area (Å²) in [6, 6.07) is 17.9. The molecule has 1 aliphatic heterocycles. The number of ether oxygens (including phenoxy) is 1. The first-order chi connectivity index (χ1) is 12.7. The molecule has 1 fully saturated rings. The van der Waals surface area contributed by atoms with Gasteiger partial charge in [0.2, 0.25) is 5.91 Å². The zero-order chi connectivity index (χ0) is 18.2. The Morgan fingerprint density at radius 2 is 1.73 bits per heavy atom. The molecular formula is C21H27N3O2. The van der Waals surface area contributed by atoms with Crippen LogP contribution in [0.4, 0.5) is 5.69 Å². The van der Waals surface area contributed by atoms with E-state index in [0.29, 0.717) is 12.1 Å². The van der Waals surface area contributed by atoms with Crippen LogP contribution >= 0.6 is 0 Å². The number of nitrogen functional groups attached to an aromatic ring is 1. The van der Waals surface area contributed by atoms with Crippen molar-refractivity contribution in [2.24, 2.45) is 0 Å². The first kappa shape index (κ1) is 18.4. The van der Waals surface area contributed by atoms with Crippen LogP contribution in [0.1, 0.15) is 11.1 Å². The van der Waals surface area contributed by atoms with Gasteiger partial charge in [0, 0.05) is 31.4 Å². The summed E-state index contributed by atoms with van der Waals surface area (Å²) in [4.78, 5) is 14.9. The van der Waals surface area contributed by atoms with Gasteiger partial charge in [0.1, 0.15) is 0 Å². The maximum Gasteiger partial charge on any atom is 0.224 e. The van der Waals surface area contributed by atoms with Crippen LogP contribution in [0.25, 0.3) is 0 Å². The lowest BCUT2D eigenvalue weighted by molar-refractivity contribution is -0.121. The van der Waals surface area contributed by atoms with E-state index < -0.39 is 0 Å². The second kappa shape index (κ2) is 9.36. The number of hydrogen-bond acceptors (Lipinski definition) is 4. The van der Waals surface area contributed by atoms with Gasteiger partial charge in [-0.25, -0.2) is 0 Å². The monoisotopic (exact) mass is 353 g/mol. The number of nitrogens with one attached hydrogen (secondary N) is 1. The summed E-state index contributed by atoms with van der Waals surface area (Å²) in [5.74, 6) is 0.0453. The zero-order valence-electron chi connectivity index (χ0n) is 15.1. The summed E-state index contributed by atoms with van der Waals surface area (Å²) >= 11 is 0. The van der Waals surface area contributed by atoms with Crippen LogP contribution in [-0.4, -0.2) is 49.7 Å². The molecule has 1 atom stereocenters. The average Bonchev–Trinajstić information content (AvgIpc) is 2.65. The maximum absolute atomic E-state index is 12.6. The number of anilines is 1. The molecule has 1 heterocycles. The summed E-state index contributed by atoms with van der Waals surface area (Å²) in [6.45, 7) is 4.19. The maximum atomic E-state index is 12.6. The standard InChI is InChI=1S/C21H27N3O2/c22-19-8-6-18(7-9-19)15-21(25)23-20(14-17-4-2-1-3-5-17)16-24-10-12-26-13-11-24/h1-9,20H,10-16,22H2,(H,23,25). The van der Waals surface area contributed by atoms with Crippen molar-refractivity contribution in [2.75, 3.05) is 38.6 Å². The molecule has 0 bridgehead atoms. The van der Waals surface area contributed by atoms with Crippen LogP contribution in [0.3, 0.4) is 0 Å². The lowest BCUT2D eigenvalue weighted by Crippen LogP contribution is -2.48. The van der Waals surface area contributed by atoms with E-state index in [2.05, 4.69) is 22.3 Å². The van der Waals surface area contributed by atoms with Crippen molar-refractivity contribution in [3.8, 4) is 0 Å². The van der Waals surface area contributed by atoms with Gasteiger partial charge in [-0.1, -0.05) is 42.5 Å². The lowest BCUT2D eigenvalue weighted by Gasteiger charge is -2.31. The van der Waals surface area contributed by atoms with Gasteiger partial charge in [-0.3, -0.25) is 9.69 Å². The predicted molar refractivity (Wildman–Crippen MR) is 104 cm³/mol.